The predicted molar refractivity (Wildman–Crippen MR) is 58.4 cm³/mol. The van der Waals surface area contributed by atoms with E-state index in [1.807, 2.05) is 18.2 Å². The van der Waals surface area contributed by atoms with E-state index in [0.717, 1.165) is 15.8 Å². The van der Waals surface area contributed by atoms with Crippen molar-refractivity contribution < 1.29 is 9.84 Å². The zero-order chi connectivity index (χ0) is 10.3. The highest BCUT2D eigenvalue weighted by atomic mass is 79.9. The van der Waals surface area contributed by atoms with Gasteiger partial charge in [-0.1, -0.05) is 29.8 Å². The van der Waals surface area contributed by atoms with Crippen molar-refractivity contribution in [3.8, 4) is 5.75 Å². The Labute approximate surface area is 92.0 Å². The summed E-state index contributed by atoms with van der Waals surface area (Å²) in [6.45, 7) is 4.10. The van der Waals surface area contributed by atoms with Crippen LogP contribution in [0.15, 0.2) is 22.7 Å². The van der Waals surface area contributed by atoms with Crippen LogP contribution in [0.4, 0.5) is 0 Å². The van der Waals surface area contributed by atoms with Gasteiger partial charge in [0.2, 0.25) is 0 Å². The largest absolute Gasteiger partial charge is 0.487 e. The molecule has 0 unspecified atom stereocenters. The van der Waals surface area contributed by atoms with Crippen molar-refractivity contribution in [1.82, 2.24) is 0 Å². The number of ether oxygens (including phenoxy) is 1. The van der Waals surface area contributed by atoms with Gasteiger partial charge in [-0.15, -0.1) is 0 Å². The second-order valence-electron chi connectivity index (χ2n) is 3.95. The molecule has 1 aliphatic rings. The quantitative estimate of drug-likeness (QED) is 0.838. The summed E-state index contributed by atoms with van der Waals surface area (Å²) in [7, 11) is 0. The molecule has 0 fully saturated rings. The molecular formula is C11H13BrO2. The number of fused-ring (bicyclic) bond motifs is 1. The maximum Gasteiger partial charge on any atom is 0.131 e. The van der Waals surface area contributed by atoms with E-state index in [1.165, 1.54) is 0 Å². The van der Waals surface area contributed by atoms with Gasteiger partial charge in [0, 0.05) is 10.0 Å². The Balaban J connectivity index is 2.36. The monoisotopic (exact) mass is 256 g/mol. The van der Waals surface area contributed by atoms with Crippen LogP contribution in [-0.2, 0) is 0 Å². The molecule has 0 spiro atoms. The fourth-order valence-corrected chi connectivity index (χ4v) is 2.13. The predicted octanol–water partition coefficient (Wildman–Crippen LogP) is 2.90. The Morgan fingerprint density at radius 3 is 2.79 bits per heavy atom. The normalized spacial score (nSPS) is 24.9. The van der Waals surface area contributed by atoms with Crippen molar-refractivity contribution in [2.45, 2.75) is 26.1 Å². The molecule has 0 aromatic heterocycles. The lowest BCUT2D eigenvalue weighted by atomic mass is 9.99. The number of benzene rings is 1. The van der Waals surface area contributed by atoms with Gasteiger partial charge in [0.25, 0.3) is 0 Å². The number of rotatable bonds is 1. The van der Waals surface area contributed by atoms with Crippen molar-refractivity contribution in [2.75, 3.05) is 0 Å². The molecule has 0 saturated heterocycles. The average molecular weight is 257 g/mol. The van der Waals surface area contributed by atoms with Crippen LogP contribution in [0.5, 0.6) is 5.75 Å². The molecule has 1 aliphatic heterocycles. The number of hydrogen-bond acceptors (Lipinski definition) is 2. The molecule has 1 aromatic carbocycles. The SMILES string of the molecule is CC(C)[C@H]1Oc2ccc(Br)cc2[C@@H]1O. The van der Waals surface area contributed by atoms with E-state index in [-0.39, 0.29) is 6.10 Å². The summed E-state index contributed by atoms with van der Waals surface area (Å²) in [6.07, 6.45) is -0.609. The van der Waals surface area contributed by atoms with Crippen LogP contribution in [0.1, 0.15) is 25.5 Å². The molecule has 1 aromatic rings. The first-order valence-electron chi connectivity index (χ1n) is 4.74. The average Bonchev–Trinajstić information content (AvgIpc) is 2.44. The Morgan fingerprint density at radius 1 is 1.43 bits per heavy atom. The Morgan fingerprint density at radius 2 is 2.14 bits per heavy atom. The van der Waals surface area contributed by atoms with Crippen molar-refractivity contribution in [1.29, 1.82) is 0 Å². The molecule has 1 N–H and O–H groups in total. The van der Waals surface area contributed by atoms with Crippen molar-refractivity contribution in [3.05, 3.63) is 28.2 Å². The van der Waals surface area contributed by atoms with Gasteiger partial charge in [0.05, 0.1) is 0 Å². The number of halogens is 1. The molecule has 0 radical (unpaired) electrons. The lowest BCUT2D eigenvalue weighted by Gasteiger charge is -2.17. The fourth-order valence-electron chi connectivity index (χ4n) is 1.75. The summed E-state index contributed by atoms with van der Waals surface area (Å²) in [5, 5.41) is 9.99. The maximum atomic E-state index is 9.99. The second-order valence-corrected chi connectivity index (χ2v) is 4.87. The molecule has 2 rings (SSSR count). The zero-order valence-corrected chi connectivity index (χ0v) is 9.78. The van der Waals surface area contributed by atoms with Gasteiger partial charge in [-0.2, -0.15) is 0 Å². The van der Waals surface area contributed by atoms with Crippen LogP contribution in [-0.4, -0.2) is 11.2 Å². The third-order valence-corrected chi connectivity index (χ3v) is 3.02. The molecule has 0 saturated carbocycles. The standard InChI is InChI=1S/C11H13BrO2/c1-6(2)11-10(13)8-5-7(12)3-4-9(8)14-11/h3-6,10-11,13H,1-2H3/t10-,11+/m0/s1. The molecular weight excluding hydrogens is 244 g/mol. The van der Waals surface area contributed by atoms with Crippen LogP contribution in [0, 0.1) is 5.92 Å². The maximum absolute atomic E-state index is 9.99. The van der Waals surface area contributed by atoms with Crippen LogP contribution in [0.2, 0.25) is 0 Å². The Kier molecular flexibility index (Phi) is 2.54. The summed E-state index contributed by atoms with van der Waals surface area (Å²) in [5.74, 6) is 1.12. The van der Waals surface area contributed by atoms with Crippen molar-refractivity contribution in [2.24, 2.45) is 5.92 Å². The fraction of sp³-hybridized carbons (Fsp3) is 0.455. The van der Waals surface area contributed by atoms with Gasteiger partial charge in [0.1, 0.15) is 18.0 Å². The van der Waals surface area contributed by atoms with E-state index < -0.39 is 6.10 Å². The number of hydrogen-bond donors (Lipinski definition) is 1. The van der Waals surface area contributed by atoms with Crippen LogP contribution >= 0.6 is 15.9 Å². The minimum Gasteiger partial charge on any atom is -0.487 e. The summed E-state index contributed by atoms with van der Waals surface area (Å²) < 4.78 is 6.64. The number of aliphatic hydroxyl groups excluding tert-OH is 1. The van der Waals surface area contributed by atoms with Crippen LogP contribution in [0.25, 0.3) is 0 Å². The van der Waals surface area contributed by atoms with Gasteiger partial charge in [-0.25, -0.2) is 0 Å². The smallest absolute Gasteiger partial charge is 0.131 e. The highest BCUT2D eigenvalue weighted by Crippen LogP contribution is 2.40. The molecule has 0 bridgehead atoms. The summed E-state index contributed by atoms with van der Waals surface area (Å²) in [5.41, 5.74) is 0.887. The molecule has 14 heavy (non-hydrogen) atoms. The molecule has 2 nitrogen and oxygen atoms in total. The lowest BCUT2D eigenvalue weighted by Crippen LogP contribution is -2.24. The third kappa shape index (κ3) is 1.55. The number of aliphatic hydroxyl groups is 1. The molecule has 3 heteroatoms. The van der Waals surface area contributed by atoms with E-state index >= 15 is 0 Å². The second kappa shape index (κ2) is 3.55. The highest BCUT2D eigenvalue weighted by Gasteiger charge is 2.34. The summed E-state index contributed by atoms with van der Waals surface area (Å²) in [6, 6.07) is 5.74. The first-order valence-corrected chi connectivity index (χ1v) is 5.53. The van der Waals surface area contributed by atoms with Crippen molar-refractivity contribution in [3.63, 3.8) is 0 Å². The Bertz CT molecular complexity index is 349. The molecule has 0 aliphatic carbocycles. The summed E-state index contributed by atoms with van der Waals surface area (Å²) in [4.78, 5) is 0. The van der Waals surface area contributed by atoms with E-state index in [4.69, 9.17) is 4.74 Å². The van der Waals surface area contributed by atoms with Gasteiger partial charge >= 0.3 is 0 Å². The minimum absolute atomic E-state index is 0.112. The van der Waals surface area contributed by atoms with E-state index in [1.54, 1.807) is 0 Å². The topological polar surface area (TPSA) is 29.5 Å². The first kappa shape index (κ1) is 9.99. The molecule has 2 atom stereocenters. The van der Waals surface area contributed by atoms with Gasteiger partial charge in [-0.05, 0) is 24.1 Å². The van der Waals surface area contributed by atoms with Gasteiger partial charge in [-0.3, -0.25) is 0 Å². The van der Waals surface area contributed by atoms with Crippen LogP contribution < -0.4 is 4.74 Å². The third-order valence-electron chi connectivity index (χ3n) is 2.52. The van der Waals surface area contributed by atoms with Crippen molar-refractivity contribution >= 4 is 15.9 Å². The Hall–Kier alpha value is -0.540. The van der Waals surface area contributed by atoms with E-state index in [0.29, 0.717) is 5.92 Å². The lowest BCUT2D eigenvalue weighted by molar-refractivity contribution is 0.0383. The first-order chi connectivity index (χ1) is 6.59. The van der Waals surface area contributed by atoms with Gasteiger partial charge in [0.15, 0.2) is 0 Å². The van der Waals surface area contributed by atoms with Crippen LogP contribution in [0.3, 0.4) is 0 Å². The van der Waals surface area contributed by atoms with E-state index in [2.05, 4.69) is 29.8 Å². The zero-order valence-electron chi connectivity index (χ0n) is 8.20. The van der Waals surface area contributed by atoms with E-state index in [9.17, 15) is 5.11 Å². The van der Waals surface area contributed by atoms with Gasteiger partial charge < -0.3 is 9.84 Å². The summed E-state index contributed by atoms with van der Waals surface area (Å²) >= 11 is 3.38. The minimum atomic E-state index is -0.498. The molecule has 76 valence electrons. The molecule has 0 amide bonds. The highest BCUT2D eigenvalue weighted by molar-refractivity contribution is 9.10. The molecule has 1 heterocycles.